The molecule has 0 rings (SSSR count). The Kier molecular flexibility index (Phi) is 11.2. The Morgan fingerprint density at radius 1 is 0.800 bits per heavy atom. The highest BCUT2D eigenvalue weighted by atomic mass is 32.1. The molecule has 0 aromatic carbocycles. The summed E-state index contributed by atoms with van der Waals surface area (Å²) in [7, 11) is 0. The fourth-order valence-electron chi connectivity index (χ4n) is 1.48. The predicted molar refractivity (Wildman–Crippen MR) is 93.3 cm³/mol. The second-order valence-corrected chi connectivity index (χ2v) is 5.59. The van der Waals surface area contributed by atoms with Crippen LogP contribution >= 0.6 is 25.3 Å². The van der Waals surface area contributed by atoms with Crippen LogP contribution in [0.3, 0.4) is 0 Å². The molecule has 4 atom stereocenters. The molecule has 0 aromatic heterocycles. The Balaban J connectivity index is 4.86. The number of carbonyl (C=O) groups is 4. The Hall–Kier alpha value is -1.54. The number of nitrogens with one attached hydrogen (secondary N) is 3. The molecule has 0 aliphatic heterocycles. The molecule has 144 valence electrons. The summed E-state index contributed by atoms with van der Waals surface area (Å²) >= 11 is 7.77. The summed E-state index contributed by atoms with van der Waals surface area (Å²) in [6.45, 7) is -1.71. The number of aliphatic hydroxyl groups excluding tert-OH is 2. The third-order valence-corrected chi connectivity index (χ3v) is 3.72. The van der Waals surface area contributed by atoms with Crippen molar-refractivity contribution in [3.8, 4) is 0 Å². The maximum atomic E-state index is 12.1. The van der Waals surface area contributed by atoms with Crippen molar-refractivity contribution in [1.29, 1.82) is 0 Å². The van der Waals surface area contributed by atoms with Crippen molar-refractivity contribution in [1.82, 2.24) is 16.0 Å². The lowest BCUT2D eigenvalue weighted by Crippen LogP contribution is -2.59. The van der Waals surface area contributed by atoms with Gasteiger partial charge in [-0.2, -0.15) is 25.3 Å². The summed E-state index contributed by atoms with van der Waals surface area (Å²) in [5.74, 6) is -4.06. The van der Waals surface area contributed by atoms with E-state index in [4.69, 9.17) is 15.9 Å². The van der Waals surface area contributed by atoms with Gasteiger partial charge < -0.3 is 37.0 Å². The number of aliphatic carboxylic acids is 1. The molecule has 0 aliphatic carbocycles. The number of carboxylic acid groups (broad SMARTS) is 1. The Labute approximate surface area is 154 Å². The molecule has 0 saturated carbocycles. The fourth-order valence-corrected chi connectivity index (χ4v) is 1.90. The summed E-state index contributed by atoms with van der Waals surface area (Å²) in [4.78, 5) is 46.4. The second-order valence-electron chi connectivity index (χ2n) is 4.86. The van der Waals surface area contributed by atoms with Crippen LogP contribution in [0.25, 0.3) is 0 Å². The number of carboxylic acids is 1. The first-order chi connectivity index (χ1) is 11.7. The van der Waals surface area contributed by atoms with Crippen molar-refractivity contribution in [2.45, 2.75) is 24.2 Å². The molecule has 0 heterocycles. The van der Waals surface area contributed by atoms with Gasteiger partial charge in [-0.25, -0.2) is 4.79 Å². The number of thiol groups is 2. The Morgan fingerprint density at radius 2 is 1.24 bits per heavy atom. The lowest BCUT2D eigenvalue weighted by atomic mass is 10.2. The van der Waals surface area contributed by atoms with Crippen LogP contribution in [0.4, 0.5) is 0 Å². The van der Waals surface area contributed by atoms with E-state index in [1.54, 1.807) is 0 Å². The maximum absolute atomic E-state index is 12.1. The van der Waals surface area contributed by atoms with Gasteiger partial charge in [0.15, 0.2) is 0 Å². The topological polar surface area (TPSA) is 191 Å². The van der Waals surface area contributed by atoms with E-state index in [0.717, 1.165) is 0 Å². The number of rotatable bonds is 11. The first kappa shape index (κ1) is 23.5. The minimum atomic E-state index is -1.59. The SMILES string of the molecule is NC(CS)C(=O)NC(CS)C(=O)NC(CO)C(=O)NC(CO)C(=O)O. The molecule has 25 heavy (non-hydrogen) atoms. The van der Waals surface area contributed by atoms with Gasteiger partial charge in [-0.1, -0.05) is 0 Å². The smallest absolute Gasteiger partial charge is 0.328 e. The van der Waals surface area contributed by atoms with Crippen molar-refractivity contribution in [3.05, 3.63) is 0 Å². The van der Waals surface area contributed by atoms with Crippen molar-refractivity contribution in [2.24, 2.45) is 5.73 Å². The summed E-state index contributed by atoms with van der Waals surface area (Å²) in [5.41, 5.74) is 5.47. The van der Waals surface area contributed by atoms with Gasteiger partial charge in [0.1, 0.15) is 18.1 Å². The van der Waals surface area contributed by atoms with Crippen molar-refractivity contribution in [2.75, 3.05) is 24.7 Å². The molecular formula is C12H22N4O7S2. The summed E-state index contributed by atoms with van der Waals surface area (Å²) < 4.78 is 0. The van der Waals surface area contributed by atoms with Crippen molar-refractivity contribution >= 4 is 48.9 Å². The van der Waals surface area contributed by atoms with Gasteiger partial charge in [-0.05, 0) is 0 Å². The van der Waals surface area contributed by atoms with Crippen molar-refractivity contribution in [3.63, 3.8) is 0 Å². The van der Waals surface area contributed by atoms with Crippen LogP contribution in [-0.2, 0) is 19.2 Å². The maximum Gasteiger partial charge on any atom is 0.328 e. The number of nitrogens with two attached hydrogens (primary N) is 1. The second kappa shape index (κ2) is 11.9. The van der Waals surface area contributed by atoms with Gasteiger partial charge >= 0.3 is 5.97 Å². The molecular weight excluding hydrogens is 376 g/mol. The van der Waals surface area contributed by atoms with E-state index >= 15 is 0 Å². The van der Waals surface area contributed by atoms with E-state index in [1.165, 1.54) is 0 Å². The average Bonchev–Trinajstić information content (AvgIpc) is 2.59. The van der Waals surface area contributed by atoms with E-state index in [0.29, 0.717) is 0 Å². The molecule has 0 spiro atoms. The lowest BCUT2D eigenvalue weighted by molar-refractivity contribution is -0.143. The quantitative estimate of drug-likeness (QED) is 0.156. The fraction of sp³-hybridized carbons (Fsp3) is 0.667. The Bertz CT molecular complexity index is 494. The van der Waals surface area contributed by atoms with E-state index in [2.05, 4.69) is 35.9 Å². The highest BCUT2D eigenvalue weighted by Gasteiger charge is 2.29. The molecule has 0 aromatic rings. The molecule has 0 fully saturated rings. The minimum absolute atomic E-state index is 0.0478. The summed E-state index contributed by atoms with van der Waals surface area (Å²) in [5, 5.41) is 33.2. The van der Waals surface area contributed by atoms with Crippen molar-refractivity contribution < 1.29 is 34.5 Å². The van der Waals surface area contributed by atoms with E-state index in [1.807, 2.05) is 5.32 Å². The third kappa shape index (κ3) is 7.92. The molecule has 3 amide bonds. The largest absolute Gasteiger partial charge is 0.480 e. The molecule has 8 N–H and O–H groups in total. The zero-order valence-electron chi connectivity index (χ0n) is 13.1. The molecule has 0 aliphatic rings. The van der Waals surface area contributed by atoms with Crippen LogP contribution in [0.15, 0.2) is 0 Å². The van der Waals surface area contributed by atoms with Gasteiger partial charge in [0.25, 0.3) is 0 Å². The molecule has 11 nitrogen and oxygen atoms in total. The number of amides is 3. The van der Waals surface area contributed by atoms with Gasteiger partial charge in [0.2, 0.25) is 17.7 Å². The summed E-state index contributed by atoms with van der Waals surface area (Å²) in [6, 6.07) is -5.17. The molecule has 4 unspecified atom stereocenters. The first-order valence-corrected chi connectivity index (χ1v) is 8.31. The molecule has 13 heteroatoms. The zero-order chi connectivity index (χ0) is 19.6. The van der Waals surface area contributed by atoms with E-state index in [9.17, 15) is 24.3 Å². The van der Waals surface area contributed by atoms with Crippen LogP contribution in [0.5, 0.6) is 0 Å². The zero-order valence-corrected chi connectivity index (χ0v) is 14.9. The number of aliphatic hydroxyl groups is 2. The first-order valence-electron chi connectivity index (χ1n) is 7.04. The normalized spacial score (nSPS) is 15.4. The lowest BCUT2D eigenvalue weighted by Gasteiger charge is -2.22. The van der Waals surface area contributed by atoms with Crippen LogP contribution < -0.4 is 21.7 Å². The van der Waals surface area contributed by atoms with Gasteiger partial charge in [0.05, 0.1) is 19.3 Å². The van der Waals surface area contributed by atoms with Crippen LogP contribution in [0.2, 0.25) is 0 Å². The Morgan fingerprint density at radius 3 is 1.64 bits per heavy atom. The summed E-state index contributed by atoms with van der Waals surface area (Å²) in [6.07, 6.45) is 0. The van der Waals surface area contributed by atoms with Crippen LogP contribution in [0, 0.1) is 0 Å². The predicted octanol–water partition coefficient (Wildman–Crippen LogP) is -4.30. The van der Waals surface area contributed by atoms with Gasteiger partial charge in [-0.15, -0.1) is 0 Å². The van der Waals surface area contributed by atoms with E-state index < -0.39 is 61.1 Å². The monoisotopic (exact) mass is 398 g/mol. The average molecular weight is 398 g/mol. The highest BCUT2D eigenvalue weighted by molar-refractivity contribution is 7.80. The molecule has 0 radical (unpaired) electrons. The number of hydrogen-bond acceptors (Lipinski definition) is 9. The standard InChI is InChI=1S/C12H22N4O7S2/c13-5(3-24)9(19)16-8(4-25)11(21)14-6(1-17)10(20)15-7(2-18)12(22)23/h5-8,17-18,24-25H,1-4,13H2,(H,14,21)(H,15,20)(H,16,19)(H,22,23). The van der Waals surface area contributed by atoms with Gasteiger partial charge in [-0.3, -0.25) is 14.4 Å². The number of hydrogen-bond donors (Lipinski definition) is 9. The highest BCUT2D eigenvalue weighted by Crippen LogP contribution is 1.95. The molecule has 0 saturated heterocycles. The van der Waals surface area contributed by atoms with E-state index in [-0.39, 0.29) is 11.5 Å². The third-order valence-electron chi connectivity index (χ3n) is 2.96. The number of carbonyl (C=O) groups excluding carboxylic acids is 3. The van der Waals surface area contributed by atoms with Gasteiger partial charge in [0, 0.05) is 11.5 Å². The van der Waals surface area contributed by atoms with Crippen LogP contribution in [-0.4, -0.2) is 87.9 Å². The minimum Gasteiger partial charge on any atom is -0.480 e. The van der Waals surface area contributed by atoms with Crippen LogP contribution in [0.1, 0.15) is 0 Å². The molecule has 0 bridgehead atoms.